The van der Waals surface area contributed by atoms with Crippen molar-refractivity contribution >= 4 is 59.6 Å². The summed E-state index contributed by atoms with van der Waals surface area (Å²) < 4.78 is 67.1. The molecule has 0 aliphatic rings. The van der Waals surface area contributed by atoms with Crippen molar-refractivity contribution in [1.29, 1.82) is 0 Å². The number of carbonyl (C=O) groups is 1. The first-order valence-corrected chi connectivity index (χ1v) is 16.5. The highest BCUT2D eigenvalue weighted by Gasteiger charge is 2.23. The number of phenols is 1. The van der Waals surface area contributed by atoms with E-state index in [0.717, 1.165) is 17.7 Å². The van der Waals surface area contributed by atoms with Gasteiger partial charge in [-0.15, -0.1) is 5.11 Å². The number of nitrogens with zero attached hydrogens (tertiary/aromatic N) is 2. The minimum absolute atomic E-state index is 0.00269. The van der Waals surface area contributed by atoms with Crippen LogP contribution in [0.15, 0.2) is 111 Å². The quantitative estimate of drug-likeness (QED) is 0.0973. The average Bonchev–Trinajstić information content (AvgIpc) is 3.01. The number of rotatable bonds is 9. The van der Waals surface area contributed by atoms with Gasteiger partial charge in [-0.05, 0) is 72.8 Å². The predicted octanol–water partition coefficient (Wildman–Crippen LogP) is 6.89. The molecule has 5 rings (SSSR count). The molecule has 0 aliphatic heterocycles. The fourth-order valence-corrected chi connectivity index (χ4v) is 6.50. The van der Waals surface area contributed by atoms with Gasteiger partial charge in [0.15, 0.2) is 5.75 Å². The van der Waals surface area contributed by atoms with Crippen LogP contribution < -0.4 is 14.8 Å². The molecule has 12 nitrogen and oxygen atoms in total. The van der Waals surface area contributed by atoms with E-state index in [9.17, 15) is 31.3 Å². The van der Waals surface area contributed by atoms with E-state index in [1.807, 2.05) is 19.1 Å². The van der Waals surface area contributed by atoms with E-state index in [0.29, 0.717) is 22.0 Å². The average molecular weight is 661 g/mol. The summed E-state index contributed by atoms with van der Waals surface area (Å²) in [4.78, 5) is 12.5. The molecule has 0 spiro atoms. The number of benzene rings is 5. The molecule has 14 heteroatoms. The number of methoxy groups -OCH3 is 1. The number of phenolic OH excluding ortho intramolecular Hbond substituents is 1. The number of nitrogens with one attached hydrogen (secondary N) is 2. The van der Waals surface area contributed by atoms with Crippen molar-refractivity contribution in [3.05, 3.63) is 108 Å². The largest absolute Gasteiger partial charge is 0.505 e. The van der Waals surface area contributed by atoms with E-state index < -0.39 is 36.7 Å². The number of fused-ring (bicyclic) bond motifs is 1. The standard InChI is InChI=1S/C32H28N4O8S2/c1-19-8-4-7-11-26(19)33-32(38)25-16-21-9-5-6-10-24(21)30(31(25)37)35-34-22-13-12-20(2)29(17-22)45(39,40)36-27-18-23(46(41,42)43)14-15-28(27)44-3/h4-18,36-37H,1-3H3,(H,33,38)(H,41,42,43). The number of para-hydroxylation sites is 1. The molecule has 0 bridgehead atoms. The van der Waals surface area contributed by atoms with Crippen molar-refractivity contribution in [2.45, 2.75) is 23.6 Å². The third-order valence-corrected chi connectivity index (χ3v) is 9.43. The Morgan fingerprint density at radius 1 is 0.804 bits per heavy atom. The van der Waals surface area contributed by atoms with Crippen LogP contribution in [-0.4, -0.2) is 39.5 Å². The molecule has 1 amide bonds. The van der Waals surface area contributed by atoms with Crippen LogP contribution in [0.3, 0.4) is 0 Å². The van der Waals surface area contributed by atoms with Gasteiger partial charge in [0.25, 0.3) is 26.0 Å². The number of amides is 1. The first-order valence-electron chi connectivity index (χ1n) is 13.6. The highest BCUT2D eigenvalue weighted by Crippen LogP contribution is 2.40. The Hall–Kier alpha value is -5.31. The second kappa shape index (κ2) is 12.6. The van der Waals surface area contributed by atoms with E-state index >= 15 is 0 Å². The fraction of sp³-hybridized carbons (Fsp3) is 0.0938. The monoisotopic (exact) mass is 660 g/mol. The molecule has 46 heavy (non-hydrogen) atoms. The van der Waals surface area contributed by atoms with Gasteiger partial charge in [0.2, 0.25) is 0 Å². The number of hydrogen-bond acceptors (Lipinski definition) is 9. The van der Waals surface area contributed by atoms with Gasteiger partial charge in [-0.25, -0.2) is 8.42 Å². The molecule has 0 saturated heterocycles. The minimum Gasteiger partial charge on any atom is -0.505 e. The summed E-state index contributed by atoms with van der Waals surface area (Å²) in [7, 11) is -7.71. The van der Waals surface area contributed by atoms with E-state index in [1.54, 1.807) is 49.4 Å². The van der Waals surface area contributed by atoms with Gasteiger partial charge in [0.05, 0.1) is 33.8 Å². The number of aryl methyl sites for hydroxylation is 2. The number of azo groups is 1. The molecule has 0 fully saturated rings. The zero-order valence-corrected chi connectivity index (χ0v) is 26.3. The van der Waals surface area contributed by atoms with Gasteiger partial charge in [0.1, 0.15) is 11.4 Å². The lowest BCUT2D eigenvalue weighted by atomic mass is 10.0. The van der Waals surface area contributed by atoms with Gasteiger partial charge >= 0.3 is 0 Å². The summed E-state index contributed by atoms with van der Waals surface area (Å²) >= 11 is 0. The third kappa shape index (κ3) is 6.68. The van der Waals surface area contributed by atoms with Crippen LogP contribution in [0.5, 0.6) is 11.5 Å². The van der Waals surface area contributed by atoms with Gasteiger partial charge in [-0.3, -0.25) is 14.1 Å². The molecular weight excluding hydrogens is 633 g/mol. The van der Waals surface area contributed by atoms with Crippen LogP contribution >= 0.6 is 0 Å². The topological polar surface area (TPSA) is 184 Å². The Bertz CT molecular complexity index is 2250. The first-order chi connectivity index (χ1) is 21.8. The first kappa shape index (κ1) is 32.1. The van der Waals surface area contributed by atoms with Crippen LogP contribution in [0.4, 0.5) is 22.7 Å². The predicted molar refractivity (Wildman–Crippen MR) is 174 cm³/mol. The van der Waals surface area contributed by atoms with Crippen LogP contribution in [0.1, 0.15) is 21.5 Å². The maximum absolute atomic E-state index is 13.5. The van der Waals surface area contributed by atoms with E-state index in [1.165, 1.54) is 31.4 Å². The SMILES string of the molecule is COc1ccc(S(=O)(=O)O)cc1NS(=O)(=O)c1cc(N=Nc2c(O)c(C(=O)Nc3ccccc3C)cc3ccccc23)ccc1C. The Morgan fingerprint density at radius 2 is 1.52 bits per heavy atom. The van der Waals surface area contributed by atoms with E-state index in [4.69, 9.17) is 4.74 Å². The van der Waals surface area contributed by atoms with Crippen molar-refractivity contribution in [3.63, 3.8) is 0 Å². The smallest absolute Gasteiger partial charge is 0.294 e. The Labute approximate surface area is 265 Å². The Morgan fingerprint density at radius 3 is 2.24 bits per heavy atom. The summed E-state index contributed by atoms with van der Waals surface area (Å²) in [6, 6.07) is 23.2. The lowest BCUT2D eigenvalue weighted by molar-refractivity contribution is 0.102. The zero-order valence-electron chi connectivity index (χ0n) is 24.7. The zero-order chi connectivity index (χ0) is 33.2. The number of anilines is 2. The summed E-state index contributed by atoms with van der Waals surface area (Å²) in [5.41, 5.74) is 1.59. The van der Waals surface area contributed by atoms with E-state index in [2.05, 4.69) is 20.3 Å². The van der Waals surface area contributed by atoms with Gasteiger partial charge in [-0.2, -0.15) is 13.5 Å². The maximum Gasteiger partial charge on any atom is 0.294 e. The summed E-state index contributed by atoms with van der Waals surface area (Å²) in [6.07, 6.45) is 0. The molecule has 0 aromatic heterocycles. The highest BCUT2D eigenvalue weighted by atomic mass is 32.2. The molecule has 0 unspecified atom stereocenters. The highest BCUT2D eigenvalue weighted by molar-refractivity contribution is 7.92. The molecule has 5 aromatic rings. The Kier molecular flexibility index (Phi) is 8.79. The Balaban J connectivity index is 1.52. The number of ether oxygens (including phenoxy) is 1. The molecule has 0 atom stereocenters. The molecular formula is C32H28N4O8S2. The molecule has 0 aliphatic carbocycles. The van der Waals surface area contributed by atoms with Crippen LogP contribution in [0.2, 0.25) is 0 Å². The van der Waals surface area contributed by atoms with Crippen LogP contribution in [0.25, 0.3) is 10.8 Å². The number of carbonyl (C=O) groups excluding carboxylic acids is 1. The van der Waals surface area contributed by atoms with E-state index in [-0.39, 0.29) is 33.3 Å². The third-order valence-electron chi connectivity index (χ3n) is 7.07. The number of aromatic hydroxyl groups is 1. The normalized spacial score (nSPS) is 11.9. The van der Waals surface area contributed by atoms with Gasteiger partial charge in [0, 0.05) is 11.1 Å². The summed E-state index contributed by atoms with van der Waals surface area (Å²) in [6.45, 7) is 3.39. The van der Waals surface area contributed by atoms with Crippen LogP contribution in [0, 0.1) is 13.8 Å². The molecule has 0 radical (unpaired) electrons. The molecule has 4 N–H and O–H groups in total. The second-order valence-electron chi connectivity index (χ2n) is 10.2. The maximum atomic E-state index is 13.5. The van der Waals surface area contributed by atoms with Crippen molar-refractivity contribution in [3.8, 4) is 11.5 Å². The molecule has 0 heterocycles. The van der Waals surface area contributed by atoms with Crippen molar-refractivity contribution < 1.29 is 36.0 Å². The number of sulfonamides is 1. The minimum atomic E-state index is -4.63. The molecule has 5 aromatic carbocycles. The number of hydrogen-bond donors (Lipinski definition) is 4. The lowest BCUT2D eigenvalue weighted by Gasteiger charge is -2.14. The summed E-state index contributed by atoms with van der Waals surface area (Å²) in [5.74, 6) is -0.962. The van der Waals surface area contributed by atoms with Crippen molar-refractivity contribution in [1.82, 2.24) is 0 Å². The molecule has 0 saturated carbocycles. The lowest BCUT2D eigenvalue weighted by Crippen LogP contribution is -2.15. The van der Waals surface area contributed by atoms with Crippen LogP contribution in [-0.2, 0) is 20.1 Å². The van der Waals surface area contributed by atoms with Crippen molar-refractivity contribution in [2.75, 3.05) is 17.1 Å². The summed E-state index contributed by atoms with van der Waals surface area (Å²) in [5, 5.41) is 23.6. The fourth-order valence-electron chi connectivity index (χ4n) is 4.67. The second-order valence-corrected chi connectivity index (χ2v) is 13.3. The van der Waals surface area contributed by atoms with Gasteiger partial charge < -0.3 is 15.2 Å². The van der Waals surface area contributed by atoms with Crippen molar-refractivity contribution in [2.24, 2.45) is 10.2 Å². The van der Waals surface area contributed by atoms with Gasteiger partial charge in [-0.1, -0.05) is 48.5 Å². The molecule has 236 valence electrons.